The minimum atomic E-state index is 0.662. The quantitative estimate of drug-likeness (QED) is 0.662. The summed E-state index contributed by atoms with van der Waals surface area (Å²) in [5, 5.41) is 0. The van der Waals surface area contributed by atoms with Gasteiger partial charge in [0.2, 0.25) is 0 Å². The maximum atomic E-state index is 2.48. The minimum Gasteiger partial charge on any atom is -0.299 e. The molecular formula is C18H29N. The first-order valence-corrected chi connectivity index (χ1v) is 7.96. The van der Waals surface area contributed by atoms with E-state index in [9.17, 15) is 0 Å². The number of nitrogens with zero attached hydrogens (tertiary/aromatic N) is 1. The second-order valence-corrected chi connectivity index (χ2v) is 6.52. The number of hydrogen-bond acceptors (Lipinski definition) is 1. The number of benzene rings is 1. The summed E-state index contributed by atoms with van der Waals surface area (Å²) in [5.74, 6) is 0.847. The molecule has 1 saturated heterocycles. The van der Waals surface area contributed by atoms with E-state index < -0.39 is 0 Å². The van der Waals surface area contributed by atoms with Crippen LogP contribution in [0, 0.1) is 5.92 Å². The Morgan fingerprint density at radius 2 is 1.89 bits per heavy atom. The van der Waals surface area contributed by atoms with E-state index in [1.165, 1.54) is 56.2 Å². The van der Waals surface area contributed by atoms with Crippen molar-refractivity contribution in [3.63, 3.8) is 0 Å². The molecular weight excluding hydrogens is 230 g/mol. The first-order valence-electron chi connectivity index (χ1n) is 7.96. The summed E-state index contributed by atoms with van der Waals surface area (Å²) < 4.78 is 0. The van der Waals surface area contributed by atoms with E-state index in [1.54, 1.807) is 0 Å². The van der Waals surface area contributed by atoms with Crippen LogP contribution in [-0.4, -0.2) is 18.5 Å². The van der Waals surface area contributed by atoms with E-state index in [1.807, 2.05) is 0 Å². The zero-order valence-corrected chi connectivity index (χ0v) is 12.9. The molecule has 0 bridgehead atoms. The zero-order valence-electron chi connectivity index (χ0n) is 12.9. The third-order valence-electron chi connectivity index (χ3n) is 4.38. The Bertz CT molecular complexity index is 366. The van der Waals surface area contributed by atoms with Crippen molar-refractivity contribution in [3.05, 3.63) is 35.4 Å². The highest BCUT2D eigenvalue weighted by molar-refractivity contribution is 5.25. The topological polar surface area (TPSA) is 3.24 Å². The third kappa shape index (κ3) is 4.35. The molecule has 0 spiro atoms. The van der Waals surface area contributed by atoms with Crippen LogP contribution >= 0.6 is 0 Å². The van der Waals surface area contributed by atoms with Crippen molar-refractivity contribution < 1.29 is 0 Å². The summed E-state index contributed by atoms with van der Waals surface area (Å²) in [6.07, 6.45) is 7.98. The minimum absolute atomic E-state index is 0.662. The smallest absolute Gasteiger partial charge is 0.0345 e. The van der Waals surface area contributed by atoms with Crippen molar-refractivity contribution in [1.29, 1.82) is 0 Å². The molecule has 106 valence electrons. The summed E-state index contributed by atoms with van der Waals surface area (Å²) >= 11 is 0. The van der Waals surface area contributed by atoms with E-state index in [4.69, 9.17) is 0 Å². The number of likely N-dealkylation sites (tertiary alicyclic amines) is 1. The Morgan fingerprint density at radius 1 is 1.16 bits per heavy atom. The average Bonchev–Trinajstić information content (AvgIpc) is 2.81. The highest BCUT2D eigenvalue weighted by atomic mass is 15.1. The van der Waals surface area contributed by atoms with Crippen molar-refractivity contribution in [2.45, 2.75) is 58.4 Å². The van der Waals surface area contributed by atoms with Gasteiger partial charge in [-0.15, -0.1) is 0 Å². The summed E-state index contributed by atoms with van der Waals surface area (Å²) in [7, 11) is 2.25. The van der Waals surface area contributed by atoms with Gasteiger partial charge in [-0.2, -0.15) is 0 Å². The van der Waals surface area contributed by atoms with Crippen molar-refractivity contribution in [2.75, 3.05) is 13.6 Å². The van der Waals surface area contributed by atoms with Crippen LogP contribution in [0.2, 0.25) is 0 Å². The number of aryl methyl sites for hydroxylation is 1. The Morgan fingerprint density at radius 3 is 2.47 bits per heavy atom. The third-order valence-corrected chi connectivity index (χ3v) is 4.38. The van der Waals surface area contributed by atoms with Crippen LogP contribution in [0.15, 0.2) is 24.3 Å². The maximum Gasteiger partial charge on any atom is 0.0345 e. The van der Waals surface area contributed by atoms with Crippen LogP contribution in [0.1, 0.15) is 63.1 Å². The second kappa shape index (κ2) is 7.09. The molecule has 1 nitrogen and oxygen atoms in total. The van der Waals surface area contributed by atoms with Gasteiger partial charge in [0.25, 0.3) is 0 Å². The van der Waals surface area contributed by atoms with Crippen LogP contribution in [0.4, 0.5) is 0 Å². The molecule has 0 saturated carbocycles. The van der Waals surface area contributed by atoms with Gasteiger partial charge in [0.15, 0.2) is 0 Å². The molecule has 0 radical (unpaired) electrons. The molecule has 0 amide bonds. The molecule has 0 aliphatic carbocycles. The normalized spacial score (nSPS) is 20.3. The van der Waals surface area contributed by atoms with Crippen molar-refractivity contribution in [2.24, 2.45) is 5.92 Å². The van der Waals surface area contributed by atoms with Gasteiger partial charge < -0.3 is 0 Å². The monoisotopic (exact) mass is 259 g/mol. The fourth-order valence-electron chi connectivity index (χ4n) is 3.12. The zero-order chi connectivity index (χ0) is 13.7. The molecule has 1 aliphatic rings. The van der Waals surface area contributed by atoms with Gasteiger partial charge in [0, 0.05) is 6.04 Å². The Hall–Kier alpha value is -0.820. The summed E-state index contributed by atoms with van der Waals surface area (Å²) in [4.78, 5) is 2.48. The van der Waals surface area contributed by atoms with Gasteiger partial charge in [0.1, 0.15) is 0 Å². The molecule has 1 aliphatic heterocycles. The Balaban J connectivity index is 1.81. The first-order chi connectivity index (χ1) is 9.16. The summed E-state index contributed by atoms with van der Waals surface area (Å²) in [6.45, 7) is 5.88. The van der Waals surface area contributed by atoms with E-state index in [0.717, 1.165) is 5.92 Å². The molecule has 1 heteroatoms. The lowest BCUT2D eigenvalue weighted by atomic mass is 9.99. The summed E-state index contributed by atoms with van der Waals surface area (Å²) in [5.41, 5.74) is 3.01. The maximum absolute atomic E-state index is 2.48. The lowest BCUT2D eigenvalue weighted by Crippen LogP contribution is -2.17. The predicted octanol–water partition coefficient (Wildman–Crippen LogP) is 4.82. The van der Waals surface area contributed by atoms with Gasteiger partial charge in [0.05, 0.1) is 0 Å². The SMILES string of the molecule is CC(C)CCCCc1ccc(C2CCCN2C)cc1. The lowest BCUT2D eigenvalue weighted by Gasteiger charge is -2.20. The van der Waals surface area contributed by atoms with E-state index in [0.29, 0.717) is 6.04 Å². The van der Waals surface area contributed by atoms with E-state index >= 15 is 0 Å². The fourth-order valence-corrected chi connectivity index (χ4v) is 3.12. The first kappa shape index (κ1) is 14.6. The molecule has 1 unspecified atom stereocenters. The number of unbranched alkanes of at least 4 members (excludes halogenated alkanes) is 1. The second-order valence-electron chi connectivity index (χ2n) is 6.52. The van der Waals surface area contributed by atoms with Gasteiger partial charge >= 0.3 is 0 Å². The van der Waals surface area contributed by atoms with Crippen LogP contribution < -0.4 is 0 Å². The highest BCUT2D eigenvalue weighted by Crippen LogP contribution is 2.30. The van der Waals surface area contributed by atoms with Crippen LogP contribution in [0.25, 0.3) is 0 Å². The van der Waals surface area contributed by atoms with E-state index in [2.05, 4.69) is 50.1 Å². The molecule has 1 heterocycles. The number of hydrogen-bond donors (Lipinski definition) is 0. The summed E-state index contributed by atoms with van der Waals surface area (Å²) in [6, 6.07) is 10.1. The van der Waals surface area contributed by atoms with Gasteiger partial charge in [-0.05, 0) is 56.3 Å². The average molecular weight is 259 g/mol. The molecule has 1 fully saturated rings. The molecule has 19 heavy (non-hydrogen) atoms. The molecule has 2 rings (SSSR count). The molecule has 1 aromatic rings. The van der Waals surface area contributed by atoms with Crippen LogP contribution in [0.5, 0.6) is 0 Å². The number of rotatable bonds is 6. The highest BCUT2D eigenvalue weighted by Gasteiger charge is 2.21. The van der Waals surface area contributed by atoms with Crippen molar-refractivity contribution >= 4 is 0 Å². The standard InChI is InChI=1S/C18H29N/c1-15(2)7-4-5-8-16-10-12-17(13-11-16)18-9-6-14-19(18)3/h10-13,15,18H,4-9,14H2,1-3H3. The van der Waals surface area contributed by atoms with Gasteiger partial charge in [-0.1, -0.05) is 51.0 Å². The Kier molecular flexibility index (Phi) is 5.45. The van der Waals surface area contributed by atoms with Gasteiger partial charge in [-0.3, -0.25) is 4.90 Å². The molecule has 1 aromatic carbocycles. The largest absolute Gasteiger partial charge is 0.299 e. The van der Waals surface area contributed by atoms with Crippen molar-refractivity contribution in [1.82, 2.24) is 4.90 Å². The molecule has 0 aromatic heterocycles. The molecule has 0 N–H and O–H groups in total. The van der Waals surface area contributed by atoms with Crippen LogP contribution in [-0.2, 0) is 6.42 Å². The lowest BCUT2D eigenvalue weighted by molar-refractivity contribution is 0.317. The van der Waals surface area contributed by atoms with Crippen LogP contribution in [0.3, 0.4) is 0 Å². The van der Waals surface area contributed by atoms with E-state index in [-0.39, 0.29) is 0 Å². The van der Waals surface area contributed by atoms with Gasteiger partial charge in [-0.25, -0.2) is 0 Å². The Labute approximate surface area is 119 Å². The molecule has 1 atom stereocenters. The predicted molar refractivity (Wildman–Crippen MR) is 83.4 cm³/mol. The fraction of sp³-hybridized carbons (Fsp3) is 0.667. The van der Waals surface area contributed by atoms with Crippen molar-refractivity contribution in [3.8, 4) is 0 Å².